The molecule has 17 heavy (non-hydrogen) atoms. The molecule has 2 aliphatic rings. The summed E-state index contributed by atoms with van der Waals surface area (Å²) in [5.41, 5.74) is 0. The number of hydrogen-bond donors (Lipinski definition) is 2. The summed E-state index contributed by atoms with van der Waals surface area (Å²) in [6, 6.07) is 0.598. The molecule has 2 fully saturated rings. The van der Waals surface area contributed by atoms with Crippen LogP contribution in [0.25, 0.3) is 0 Å². The van der Waals surface area contributed by atoms with E-state index < -0.39 is 0 Å². The van der Waals surface area contributed by atoms with Crippen LogP contribution in [0.1, 0.15) is 39.0 Å². The Bertz CT molecular complexity index is 247. The van der Waals surface area contributed by atoms with E-state index in [0.29, 0.717) is 12.0 Å². The fraction of sp³-hybridized carbons (Fsp3) is 0.923. The summed E-state index contributed by atoms with van der Waals surface area (Å²) in [6.07, 6.45) is 6.00. The van der Waals surface area contributed by atoms with Crippen LogP contribution in [0.15, 0.2) is 0 Å². The van der Waals surface area contributed by atoms with E-state index in [-0.39, 0.29) is 6.03 Å². The molecule has 0 atom stereocenters. The van der Waals surface area contributed by atoms with Gasteiger partial charge in [0.05, 0.1) is 0 Å². The van der Waals surface area contributed by atoms with Crippen molar-refractivity contribution in [3.05, 3.63) is 0 Å². The Labute approximate surface area is 104 Å². The minimum absolute atomic E-state index is 0.149. The van der Waals surface area contributed by atoms with Gasteiger partial charge >= 0.3 is 6.03 Å². The minimum atomic E-state index is 0.149. The van der Waals surface area contributed by atoms with E-state index in [1.165, 1.54) is 19.3 Å². The average molecular weight is 239 g/mol. The molecule has 0 aromatic carbocycles. The Balaban J connectivity index is 1.75. The third kappa shape index (κ3) is 3.60. The number of carbonyl (C=O) groups is 1. The van der Waals surface area contributed by atoms with Crippen molar-refractivity contribution in [1.29, 1.82) is 0 Å². The van der Waals surface area contributed by atoms with Gasteiger partial charge in [0.2, 0.25) is 0 Å². The fourth-order valence-corrected chi connectivity index (χ4v) is 2.55. The lowest BCUT2D eigenvalue weighted by atomic mass is 9.93. The van der Waals surface area contributed by atoms with Crippen LogP contribution < -0.4 is 10.6 Å². The van der Waals surface area contributed by atoms with E-state index in [1.54, 1.807) is 0 Å². The molecule has 2 N–H and O–H groups in total. The summed E-state index contributed by atoms with van der Waals surface area (Å²) < 4.78 is 0. The molecule has 1 heterocycles. The summed E-state index contributed by atoms with van der Waals surface area (Å²) in [6.45, 7) is 6.03. The van der Waals surface area contributed by atoms with Crippen molar-refractivity contribution < 1.29 is 4.79 Å². The van der Waals surface area contributed by atoms with Gasteiger partial charge in [-0.2, -0.15) is 0 Å². The normalized spacial score (nSPS) is 21.9. The van der Waals surface area contributed by atoms with Crippen LogP contribution in [0.4, 0.5) is 4.79 Å². The lowest BCUT2D eigenvalue weighted by Gasteiger charge is -2.33. The van der Waals surface area contributed by atoms with Gasteiger partial charge in [0, 0.05) is 19.1 Å². The van der Waals surface area contributed by atoms with Crippen molar-refractivity contribution in [1.82, 2.24) is 15.5 Å². The summed E-state index contributed by atoms with van der Waals surface area (Å²) in [4.78, 5) is 14.0. The second kappa shape index (κ2) is 6.24. The van der Waals surface area contributed by atoms with Crippen LogP contribution >= 0.6 is 0 Å². The number of carbonyl (C=O) groups excluding carboxylic acids is 1. The minimum Gasteiger partial charge on any atom is -0.335 e. The quantitative estimate of drug-likeness (QED) is 0.782. The van der Waals surface area contributed by atoms with Crippen LogP contribution in [0, 0.1) is 5.92 Å². The van der Waals surface area contributed by atoms with Crippen LogP contribution in [0.2, 0.25) is 0 Å². The van der Waals surface area contributed by atoms with Crippen LogP contribution in [-0.2, 0) is 0 Å². The molecular weight excluding hydrogens is 214 g/mol. The van der Waals surface area contributed by atoms with Gasteiger partial charge in [-0.1, -0.05) is 0 Å². The summed E-state index contributed by atoms with van der Waals surface area (Å²) >= 11 is 0. The summed E-state index contributed by atoms with van der Waals surface area (Å²) in [5.74, 6) is 0.684. The molecular formula is C13H25N3O. The maximum absolute atomic E-state index is 12.1. The molecule has 1 saturated heterocycles. The van der Waals surface area contributed by atoms with Gasteiger partial charge in [-0.05, 0) is 58.0 Å². The van der Waals surface area contributed by atoms with Crippen molar-refractivity contribution in [2.45, 2.75) is 45.1 Å². The lowest BCUT2D eigenvalue weighted by molar-refractivity contribution is 0.173. The van der Waals surface area contributed by atoms with Crippen LogP contribution in [-0.4, -0.2) is 43.2 Å². The first-order chi connectivity index (χ1) is 8.29. The number of nitrogens with zero attached hydrogens (tertiary/aromatic N) is 1. The van der Waals surface area contributed by atoms with E-state index >= 15 is 0 Å². The highest BCUT2D eigenvalue weighted by molar-refractivity contribution is 5.74. The standard InChI is InChI=1S/C13H25N3O/c1-2-16(10-11-6-8-14-9-7-11)13(17)15-12-4-3-5-12/h11-12,14H,2-10H2,1H3,(H,15,17). The first-order valence-electron chi connectivity index (χ1n) is 7.05. The first-order valence-corrected chi connectivity index (χ1v) is 7.05. The molecule has 0 unspecified atom stereocenters. The second-order valence-electron chi connectivity index (χ2n) is 5.31. The van der Waals surface area contributed by atoms with Gasteiger partial charge in [0.15, 0.2) is 0 Å². The molecule has 0 aromatic heterocycles. The van der Waals surface area contributed by atoms with Gasteiger partial charge in [-0.15, -0.1) is 0 Å². The Morgan fingerprint density at radius 1 is 1.29 bits per heavy atom. The molecule has 2 rings (SSSR count). The van der Waals surface area contributed by atoms with Gasteiger partial charge in [0.1, 0.15) is 0 Å². The third-order valence-electron chi connectivity index (χ3n) is 4.04. The highest BCUT2D eigenvalue weighted by Crippen LogP contribution is 2.19. The van der Waals surface area contributed by atoms with E-state index in [1.807, 2.05) is 4.90 Å². The summed E-state index contributed by atoms with van der Waals surface area (Å²) in [7, 11) is 0. The highest BCUT2D eigenvalue weighted by Gasteiger charge is 2.24. The van der Waals surface area contributed by atoms with Gasteiger partial charge in [-0.3, -0.25) is 0 Å². The predicted molar refractivity (Wildman–Crippen MR) is 69.0 cm³/mol. The zero-order chi connectivity index (χ0) is 12.1. The molecule has 1 saturated carbocycles. The molecule has 0 radical (unpaired) electrons. The first kappa shape index (κ1) is 12.7. The second-order valence-corrected chi connectivity index (χ2v) is 5.31. The molecule has 4 heteroatoms. The Hall–Kier alpha value is -0.770. The third-order valence-corrected chi connectivity index (χ3v) is 4.04. The van der Waals surface area contributed by atoms with Gasteiger partial charge in [-0.25, -0.2) is 4.79 Å². The largest absolute Gasteiger partial charge is 0.335 e. The maximum atomic E-state index is 12.1. The molecule has 4 nitrogen and oxygen atoms in total. The number of hydrogen-bond acceptors (Lipinski definition) is 2. The Kier molecular flexibility index (Phi) is 4.66. The number of nitrogens with one attached hydrogen (secondary N) is 2. The monoisotopic (exact) mass is 239 g/mol. The fourth-order valence-electron chi connectivity index (χ4n) is 2.55. The molecule has 0 aromatic rings. The molecule has 98 valence electrons. The Morgan fingerprint density at radius 3 is 2.53 bits per heavy atom. The molecule has 0 bridgehead atoms. The van der Waals surface area contributed by atoms with Crippen molar-refractivity contribution in [2.24, 2.45) is 5.92 Å². The number of rotatable bonds is 4. The number of piperidine rings is 1. The predicted octanol–water partition coefficient (Wildman–Crippen LogP) is 1.57. The molecule has 1 aliphatic carbocycles. The maximum Gasteiger partial charge on any atom is 0.317 e. The molecule has 1 aliphatic heterocycles. The van der Waals surface area contributed by atoms with E-state index in [4.69, 9.17) is 0 Å². The van der Waals surface area contributed by atoms with Gasteiger partial charge in [0.25, 0.3) is 0 Å². The van der Waals surface area contributed by atoms with E-state index in [9.17, 15) is 4.79 Å². The van der Waals surface area contributed by atoms with Crippen molar-refractivity contribution in [3.8, 4) is 0 Å². The van der Waals surface area contributed by atoms with Crippen molar-refractivity contribution >= 4 is 6.03 Å². The summed E-state index contributed by atoms with van der Waals surface area (Å²) in [5, 5.41) is 6.49. The zero-order valence-electron chi connectivity index (χ0n) is 10.9. The smallest absolute Gasteiger partial charge is 0.317 e. The zero-order valence-corrected chi connectivity index (χ0v) is 10.9. The highest BCUT2D eigenvalue weighted by atomic mass is 16.2. The SMILES string of the molecule is CCN(CC1CCNCC1)C(=O)NC1CCC1. The lowest BCUT2D eigenvalue weighted by Crippen LogP contribution is -2.49. The number of amides is 2. The average Bonchev–Trinajstić information content (AvgIpc) is 2.32. The van der Waals surface area contributed by atoms with E-state index in [2.05, 4.69) is 17.6 Å². The van der Waals surface area contributed by atoms with Crippen LogP contribution in [0.5, 0.6) is 0 Å². The molecule has 0 spiro atoms. The Morgan fingerprint density at radius 2 is 2.00 bits per heavy atom. The number of urea groups is 1. The molecule has 2 amide bonds. The van der Waals surface area contributed by atoms with Crippen molar-refractivity contribution in [3.63, 3.8) is 0 Å². The van der Waals surface area contributed by atoms with Crippen molar-refractivity contribution in [2.75, 3.05) is 26.2 Å². The topological polar surface area (TPSA) is 44.4 Å². The van der Waals surface area contributed by atoms with Crippen LogP contribution in [0.3, 0.4) is 0 Å². The van der Waals surface area contributed by atoms with Gasteiger partial charge < -0.3 is 15.5 Å². The van der Waals surface area contributed by atoms with E-state index in [0.717, 1.165) is 39.0 Å².